The number of hydrogen-bond acceptors (Lipinski definition) is 3. The molecule has 2 aromatic rings. The van der Waals surface area contributed by atoms with Gasteiger partial charge < -0.3 is 10.4 Å². The van der Waals surface area contributed by atoms with Gasteiger partial charge in [-0.1, -0.05) is 32.0 Å². The van der Waals surface area contributed by atoms with Gasteiger partial charge in [0.05, 0.1) is 18.0 Å². The van der Waals surface area contributed by atoms with E-state index in [9.17, 15) is 5.11 Å². The van der Waals surface area contributed by atoms with Crippen LogP contribution in [0, 0.1) is 12.8 Å². The Hall–Kier alpha value is -1.65. The molecule has 0 bridgehead atoms. The number of para-hydroxylation sites is 1. The van der Waals surface area contributed by atoms with Crippen LogP contribution >= 0.6 is 0 Å². The summed E-state index contributed by atoms with van der Waals surface area (Å²) >= 11 is 0. The van der Waals surface area contributed by atoms with E-state index in [0.717, 1.165) is 23.6 Å². The first-order valence-corrected chi connectivity index (χ1v) is 7.55. The summed E-state index contributed by atoms with van der Waals surface area (Å²) in [5.74, 6) is 1.49. The van der Waals surface area contributed by atoms with E-state index in [1.807, 2.05) is 31.3 Å². The molecule has 1 aromatic heterocycles. The zero-order valence-electron chi connectivity index (χ0n) is 13.1. The molecule has 0 fully saturated rings. The average molecular weight is 287 g/mol. The van der Waals surface area contributed by atoms with Gasteiger partial charge in [0.2, 0.25) is 0 Å². The molecule has 114 valence electrons. The lowest BCUT2D eigenvalue weighted by atomic mass is 10.1. The molecule has 0 saturated carbocycles. The van der Waals surface area contributed by atoms with E-state index in [0.29, 0.717) is 19.0 Å². The molecule has 0 amide bonds. The second kappa shape index (κ2) is 7.38. The standard InChI is InChI=1S/C17H25N3O/c1-13(2)9-17(21)12-18-10-16-11-19-14(3)20(16)15-7-5-4-6-8-15/h4-8,11,13,17-18,21H,9-10,12H2,1-3H3. The Balaban J connectivity index is 1.99. The number of rotatable bonds is 7. The van der Waals surface area contributed by atoms with Crippen LogP contribution in [0.5, 0.6) is 0 Å². The normalized spacial score (nSPS) is 12.8. The van der Waals surface area contributed by atoms with E-state index >= 15 is 0 Å². The number of aliphatic hydroxyl groups excluding tert-OH is 1. The molecule has 0 aliphatic rings. The molecule has 1 atom stereocenters. The highest BCUT2D eigenvalue weighted by Gasteiger charge is 2.10. The molecule has 2 rings (SSSR count). The van der Waals surface area contributed by atoms with E-state index in [1.54, 1.807) is 0 Å². The summed E-state index contributed by atoms with van der Waals surface area (Å²) in [4.78, 5) is 4.40. The van der Waals surface area contributed by atoms with Crippen LogP contribution in [0.4, 0.5) is 0 Å². The third-order valence-electron chi connectivity index (χ3n) is 3.46. The van der Waals surface area contributed by atoms with Crippen LogP contribution in [0.1, 0.15) is 31.8 Å². The number of imidazole rings is 1. The van der Waals surface area contributed by atoms with Crippen LogP contribution in [0.15, 0.2) is 36.5 Å². The van der Waals surface area contributed by atoms with Crippen molar-refractivity contribution in [1.29, 1.82) is 0 Å². The van der Waals surface area contributed by atoms with Gasteiger partial charge >= 0.3 is 0 Å². The molecule has 0 aliphatic heterocycles. The number of aryl methyl sites for hydroxylation is 1. The lowest BCUT2D eigenvalue weighted by Gasteiger charge is -2.15. The van der Waals surface area contributed by atoms with Crippen molar-refractivity contribution >= 4 is 0 Å². The Morgan fingerprint density at radius 2 is 1.95 bits per heavy atom. The van der Waals surface area contributed by atoms with Gasteiger partial charge in [-0.3, -0.25) is 4.57 Å². The van der Waals surface area contributed by atoms with Gasteiger partial charge in [0.15, 0.2) is 0 Å². The maximum Gasteiger partial charge on any atom is 0.110 e. The topological polar surface area (TPSA) is 50.1 Å². The lowest BCUT2D eigenvalue weighted by molar-refractivity contribution is 0.146. The summed E-state index contributed by atoms with van der Waals surface area (Å²) in [5, 5.41) is 13.2. The first-order valence-electron chi connectivity index (χ1n) is 7.55. The monoisotopic (exact) mass is 287 g/mol. The summed E-state index contributed by atoms with van der Waals surface area (Å²) < 4.78 is 2.14. The zero-order chi connectivity index (χ0) is 15.2. The third kappa shape index (κ3) is 4.41. The smallest absolute Gasteiger partial charge is 0.110 e. The van der Waals surface area contributed by atoms with Crippen LogP contribution in [0.25, 0.3) is 5.69 Å². The van der Waals surface area contributed by atoms with Gasteiger partial charge in [0, 0.05) is 18.8 Å². The van der Waals surface area contributed by atoms with E-state index in [1.165, 1.54) is 0 Å². The Bertz CT molecular complexity index is 548. The summed E-state index contributed by atoms with van der Waals surface area (Å²) in [5.41, 5.74) is 2.22. The van der Waals surface area contributed by atoms with Crippen molar-refractivity contribution in [3.05, 3.63) is 48.0 Å². The highest BCUT2D eigenvalue weighted by atomic mass is 16.3. The molecule has 1 aromatic carbocycles. The Morgan fingerprint density at radius 1 is 1.24 bits per heavy atom. The molecule has 0 radical (unpaired) electrons. The van der Waals surface area contributed by atoms with Gasteiger partial charge in [0.1, 0.15) is 5.82 Å². The van der Waals surface area contributed by atoms with Crippen molar-refractivity contribution in [3.8, 4) is 5.69 Å². The van der Waals surface area contributed by atoms with Crippen molar-refractivity contribution in [3.63, 3.8) is 0 Å². The van der Waals surface area contributed by atoms with Gasteiger partial charge in [-0.05, 0) is 31.4 Å². The van der Waals surface area contributed by atoms with Crippen LogP contribution in [0.3, 0.4) is 0 Å². The summed E-state index contributed by atoms with van der Waals surface area (Å²) in [6.45, 7) is 7.56. The van der Waals surface area contributed by atoms with E-state index < -0.39 is 0 Å². The van der Waals surface area contributed by atoms with Gasteiger partial charge in [-0.25, -0.2) is 4.98 Å². The number of hydrogen-bond donors (Lipinski definition) is 2. The maximum atomic E-state index is 9.90. The predicted molar refractivity (Wildman–Crippen MR) is 85.5 cm³/mol. The molecule has 0 aliphatic carbocycles. The van der Waals surface area contributed by atoms with Crippen LogP contribution in [-0.2, 0) is 6.54 Å². The predicted octanol–water partition coefficient (Wildman–Crippen LogP) is 2.68. The lowest BCUT2D eigenvalue weighted by Crippen LogP contribution is -2.28. The van der Waals surface area contributed by atoms with E-state index in [2.05, 4.69) is 40.8 Å². The van der Waals surface area contributed by atoms with Crippen molar-refractivity contribution in [2.24, 2.45) is 5.92 Å². The molecule has 4 heteroatoms. The highest BCUT2D eigenvalue weighted by molar-refractivity contribution is 5.35. The molecule has 0 saturated heterocycles. The van der Waals surface area contributed by atoms with Crippen molar-refractivity contribution in [2.75, 3.05) is 6.54 Å². The first-order chi connectivity index (χ1) is 10.1. The van der Waals surface area contributed by atoms with Crippen LogP contribution < -0.4 is 5.32 Å². The molecule has 0 spiro atoms. The quantitative estimate of drug-likeness (QED) is 0.823. The second-order valence-electron chi connectivity index (χ2n) is 5.88. The van der Waals surface area contributed by atoms with Crippen LogP contribution in [-0.4, -0.2) is 27.3 Å². The Morgan fingerprint density at radius 3 is 2.62 bits per heavy atom. The maximum absolute atomic E-state index is 9.90. The minimum Gasteiger partial charge on any atom is -0.392 e. The minimum absolute atomic E-state index is 0.292. The number of nitrogens with one attached hydrogen (secondary N) is 1. The molecular weight excluding hydrogens is 262 g/mol. The van der Waals surface area contributed by atoms with Crippen molar-refractivity contribution in [1.82, 2.24) is 14.9 Å². The van der Waals surface area contributed by atoms with Crippen LogP contribution in [0.2, 0.25) is 0 Å². The fourth-order valence-corrected chi connectivity index (χ4v) is 2.54. The SMILES string of the molecule is Cc1ncc(CNCC(O)CC(C)C)n1-c1ccccc1. The largest absolute Gasteiger partial charge is 0.392 e. The first kappa shape index (κ1) is 15.7. The summed E-state index contributed by atoms with van der Waals surface area (Å²) in [6, 6.07) is 10.2. The molecule has 1 unspecified atom stereocenters. The molecule has 2 N–H and O–H groups in total. The number of nitrogens with zero attached hydrogens (tertiary/aromatic N) is 2. The number of aliphatic hydroxyl groups is 1. The number of aromatic nitrogens is 2. The fourth-order valence-electron chi connectivity index (χ4n) is 2.54. The zero-order valence-corrected chi connectivity index (χ0v) is 13.1. The molecule has 21 heavy (non-hydrogen) atoms. The van der Waals surface area contributed by atoms with E-state index in [4.69, 9.17) is 0 Å². The minimum atomic E-state index is -0.292. The second-order valence-corrected chi connectivity index (χ2v) is 5.88. The van der Waals surface area contributed by atoms with E-state index in [-0.39, 0.29) is 6.10 Å². The number of benzene rings is 1. The molecule has 4 nitrogen and oxygen atoms in total. The molecular formula is C17H25N3O. The Kier molecular flexibility index (Phi) is 5.53. The van der Waals surface area contributed by atoms with Crippen molar-refractivity contribution in [2.45, 2.75) is 39.8 Å². The third-order valence-corrected chi connectivity index (χ3v) is 3.46. The molecule has 1 heterocycles. The summed E-state index contributed by atoms with van der Waals surface area (Å²) in [6.07, 6.45) is 2.42. The average Bonchev–Trinajstić information content (AvgIpc) is 2.80. The highest BCUT2D eigenvalue weighted by Crippen LogP contribution is 2.14. The summed E-state index contributed by atoms with van der Waals surface area (Å²) in [7, 11) is 0. The van der Waals surface area contributed by atoms with Gasteiger partial charge in [-0.2, -0.15) is 0 Å². The fraction of sp³-hybridized carbons (Fsp3) is 0.471. The Labute approximate surface area is 126 Å². The van der Waals surface area contributed by atoms with Gasteiger partial charge in [0.25, 0.3) is 0 Å². The van der Waals surface area contributed by atoms with Gasteiger partial charge in [-0.15, -0.1) is 0 Å². The van der Waals surface area contributed by atoms with Crippen molar-refractivity contribution < 1.29 is 5.11 Å².